The highest BCUT2D eigenvalue weighted by molar-refractivity contribution is 6.14. The van der Waals surface area contributed by atoms with Crippen molar-refractivity contribution < 1.29 is 65.4 Å². The average molecular weight is 1730 g/mol. The summed E-state index contributed by atoms with van der Waals surface area (Å²) in [5.74, 6) is 2.46. The summed E-state index contributed by atoms with van der Waals surface area (Å²) in [6.07, 6.45) is 17.5. The van der Waals surface area contributed by atoms with Crippen LogP contribution >= 0.6 is 0 Å². The number of phenolic OH excluding ortho intramolecular Hbond substituents is 10. The number of hydrogen-bond acceptors (Lipinski definition) is 13. The maximum Gasteiger partial charge on any atom is 0.340 e. The lowest BCUT2D eigenvalue weighted by Gasteiger charge is -2.48. The maximum atomic E-state index is 13.7. The number of carbonyl (C=O) groups excluding carboxylic acids is 2. The first-order valence-corrected chi connectivity index (χ1v) is 44.9. The van der Waals surface area contributed by atoms with E-state index in [0.29, 0.717) is 40.0 Å². The fourth-order valence-corrected chi connectivity index (χ4v) is 21.3. The van der Waals surface area contributed by atoms with Gasteiger partial charge in [-0.1, -0.05) is 303 Å². The largest absolute Gasteiger partial charge is 0.508 e. The zero-order chi connectivity index (χ0) is 90.8. The summed E-state index contributed by atoms with van der Waals surface area (Å²) in [7, 11) is 0. The molecule has 2 saturated carbocycles. The van der Waals surface area contributed by atoms with Gasteiger partial charge in [-0.15, -0.1) is 0 Å². The highest BCUT2D eigenvalue weighted by Gasteiger charge is 2.54. The van der Waals surface area contributed by atoms with E-state index in [1.54, 1.807) is 138 Å². The topological polar surface area (TPSA) is 249 Å². The fourth-order valence-electron chi connectivity index (χ4n) is 21.3. The Morgan fingerprint density at radius 2 is 0.546 bits per heavy atom. The number of esters is 1. The molecule has 0 radical (unpaired) electrons. The van der Waals surface area contributed by atoms with E-state index >= 15 is 0 Å². The lowest BCUT2D eigenvalue weighted by atomic mass is 9.55. The van der Waals surface area contributed by atoms with E-state index in [2.05, 4.69) is 118 Å². The van der Waals surface area contributed by atoms with Gasteiger partial charge in [-0.05, 0) is 261 Å². The first-order chi connectivity index (χ1) is 62.9. The quantitative estimate of drug-likeness (QED) is 0.0542. The van der Waals surface area contributed by atoms with Gasteiger partial charge >= 0.3 is 5.97 Å². The summed E-state index contributed by atoms with van der Waals surface area (Å²) in [5, 5.41) is 97.6. The first kappa shape index (κ1) is 88.7. The Balaban J connectivity index is 0.000000119. The molecule has 15 aromatic rings. The number of para-hydroxylation sites is 1. The van der Waals surface area contributed by atoms with E-state index in [1.807, 2.05) is 140 Å². The SMILES string of the molecule is CC1CC(C)(C)CC(c2ccc(O)cc2)(c2ccc(O)cc2)C1.O=C1OC(c2ccc(O)cc2)(c2ccc(O)cc2)c2ccccc21.O=C1c2ccccc2C(c2ccc(O)cc2)(c2ccc(O)cc2)N1c1ccccc1.Oc1ccc(C2(c3ccc(O)cc3)CCCCCCCCCCC2)cc1.Oc1ccc(C2(c3ccc(O)cc3)c3ccccc3-c3ccccc32)cc1. The molecule has 0 saturated heterocycles. The van der Waals surface area contributed by atoms with Crippen molar-refractivity contribution >= 4 is 17.6 Å². The van der Waals surface area contributed by atoms with E-state index in [9.17, 15) is 60.7 Å². The van der Waals surface area contributed by atoms with Gasteiger partial charge in [0, 0.05) is 38.8 Å². The van der Waals surface area contributed by atoms with Gasteiger partial charge in [0.25, 0.3) is 5.91 Å². The van der Waals surface area contributed by atoms with E-state index in [0.717, 1.165) is 75.9 Å². The third kappa shape index (κ3) is 17.7. The Morgan fingerprint density at radius 1 is 0.269 bits per heavy atom. The third-order valence-corrected chi connectivity index (χ3v) is 26.8. The lowest BCUT2D eigenvalue weighted by molar-refractivity contribution is 0.0251. The van der Waals surface area contributed by atoms with Crippen LogP contribution in [-0.4, -0.2) is 62.9 Å². The normalized spacial score (nSPS) is 16.8. The predicted octanol–water partition coefficient (Wildman–Crippen LogP) is 26.0. The molecule has 2 aliphatic heterocycles. The van der Waals surface area contributed by atoms with Gasteiger partial charge in [-0.25, -0.2) is 4.79 Å². The van der Waals surface area contributed by atoms with E-state index in [1.165, 1.54) is 109 Å². The van der Waals surface area contributed by atoms with Gasteiger partial charge in [-0.2, -0.15) is 0 Å². The second kappa shape index (κ2) is 38.0. The van der Waals surface area contributed by atoms with Crippen molar-refractivity contribution in [2.45, 2.75) is 138 Å². The van der Waals surface area contributed by atoms with Crippen molar-refractivity contribution in [2.24, 2.45) is 11.3 Å². The summed E-state index contributed by atoms with van der Waals surface area (Å²) >= 11 is 0. The van der Waals surface area contributed by atoms with Crippen LogP contribution < -0.4 is 4.90 Å². The number of anilines is 1. The summed E-state index contributed by atoms with van der Waals surface area (Å²) in [6.45, 7) is 7.02. The Morgan fingerprint density at radius 3 is 0.900 bits per heavy atom. The molecule has 14 heteroatoms. The zero-order valence-electron chi connectivity index (χ0n) is 73.3. The van der Waals surface area contributed by atoms with Crippen LogP contribution in [0.1, 0.15) is 209 Å². The molecule has 0 aromatic heterocycles. The Bertz CT molecular complexity index is 6090. The van der Waals surface area contributed by atoms with E-state index in [4.69, 9.17) is 4.74 Å². The Hall–Kier alpha value is -14.8. The zero-order valence-corrected chi connectivity index (χ0v) is 73.3. The van der Waals surface area contributed by atoms with Gasteiger partial charge in [0.2, 0.25) is 0 Å². The molecule has 1 unspecified atom stereocenters. The average Bonchev–Trinajstić information content (AvgIpc) is 1.54. The van der Waals surface area contributed by atoms with Gasteiger partial charge < -0.3 is 55.8 Å². The standard InChI is InChI=1S/C26H19NO3.C25H18O2.C24H32O2.C21H26O2.C20H14O4/c28-21-14-10-18(11-15-21)26(19-12-16-22(29)17-13-19)24-9-5-4-8-23(24)25(30)27(26)20-6-2-1-3-7-20;26-19-13-9-17(10-14-19)25(18-11-15-20(27)16-12-18)23-7-3-1-5-21(23)22-6-2-4-8-24(22)25;25-22-14-10-20(11-15-22)24(21-12-16-23(26)17-13-21)18-8-6-4-2-1-3-5-7-9-19-24;1-15-12-20(2,3)14-21(13-15,16-4-8-18(22)9-5-16)17-6-10-19(23)11-7-17;21-15-9-5-13(6-10-15)20(14-7-11-16(22)12-8-14)18-4-2-1-3-17(18)19(23)24-20/h1-17,28-29H;1-16,26-27H;10-17,25-26H,1-9,18-19H2;4-11,15,22-23H,12-14H2,1-3H3;1-12,21-22H. The number of aromatic hydroxyl groups is 10. The summed E-state index contributed by atoms with van der Waals surface area (Å²) in [5.41, 5.74) is 16.4. The van der Waals surface area contributed by atoms with Crippen LogP contribution in [0.25, 0.3) is 11.1 Å². The number of amides is 1. The van der Waals surface area contributed by atoms with Crippen molar-refractivity contribution in [1.29, 1.82) is 0 Å². The van der Waals surface area contributed by atoms with Crippen LogP contribution in [0.3, 0.4) is 0 Å². The molecular weight excluding hydrogens is 1620 g/mol. The molecule has 3 aliphatic carbocycles. The van der Waals surface area contributed by atoms with E-state index in [-0.39, 0.29) is 56.6 Å². The first-order valence-electron chi connectivity index (χ1n) is 44.9. The van der Waals surface area contributed by atoms with Crippen LogP contribution in [0.5, 0.6) is 57.5 Å². The molecule has 20 rings (SSSR count). The molecule has 0 spiro atoms. The van der Waals surface area contributed by atoms with Crippen LogP contribution in [-0.2, 0) is 32.1 Å². The molecule has 656 valence electrons. The van der Waals surface area contributed by atoms with Gasteiger partial charge in [-0.3, -0.25) is 9.69 Å². The predicted molar refractivity (Wildman–Crippen MR) is 512 cm³/mol. The second-order valence-corrected chi connectivity index (χ2v) is 35.9. The summed E-state index contributed by atoms with van der Waals surface area (Å²) in [6, 6.07) is 114. The number of cyclic esters (lactones) is 1. The molecule has 1 atom stereocenters. The molecule has 130 heavy (non-hydrogen) atoms. The summed E-state index contributed by atoms with van der Waals surface area (Å²) in [4.78, 5) is 28.0. The molecule has 15 aromatic carbocycles. The smallest absolute Gasteiger partial charge is 0.340 e. The third-order valence-electron chi connectivity index (χ3n) is 26.8. The van der Waals surface area contributed by atoms with Crippen LogP contribution in [0.2, 0.25) is 0 Å². The molecule has 2 fully saturated rings. The van der Waals surface area contributed by atoms with Crippen molar-refractivity contribution in [3.05, 3.63) is 459 Å². The molecule has 2 heterocycles. The van der Waals surface area contributed by atoms with Gasteiger partial charge in [0.05, 0.1) is 11.0 Å². The van der Waals surface area contributed by atoms with Crippen LogP contribution in [0, 0.1) is 11.3 Å². The molecule has 5 aliphatic rings. The number of fused-ring (bicyclic) bond motifs is 5. The second-order valence-electron chi connectivity index (χ2n) is 35.9. The number of rotatable bonds is 11. The van der Waals surface area contributed by atoms with Crippen molar-refractivity contribution in [3.8, 4) is 68.6 Å². The van der Waals surface area contributed by atoms with Crippen LogP contribution in [0.4, 0.5) is 5.69 Å². The number of nitrogens with zero attached hydrogens (tertiary/aromatic N) is 1. The minimum Gasteiger partial charge on any atom is -0.508 e. The van der Waals surface area contributed by atoms with E-state index < -0.39 is 22.5 Å². The number of phenols is 10. The molecule has 14 nitrogen and oxygen atoms in total. The number of carbonyl (C=O) groups is 2. The molecular formula is C116H109NO13. The van der Waals surface area contributed by atoms with Crippen molar-refractivity contribution in [1.82, 2.24) is 0 Å². The molecule has 10 N–H and O–H groups in total. The number of hydrogen-bond donors (Lipinski definition) is 10. The van der Waals surface area contributed by atoms with Crippen molar-refractivity contribution in [3.63, 3.8) is 0 Å². The maximum absolute atomic E-state index is 13.7. The highest BCUT2D eigenvalue weighted by atomic mass is 16.6. The fraction of sp³-hybridized carbons (Fsp3) is 0.207. The number of ether oxygens (including phenoxy) is 1. The minimum absolute atomic E-state index is 0.0272. The number of benzene rings is 15. The minimum atomic E-state index is -1.10. The molecule has 0 bridgehead atoms. The monoisotopic (exact) mass is 1720 g/mol. The molecule has 1 amide bonds. The lowest BCUT2D eigenvalue weighted by Crippen LogP contribution is -2.46. The van der Waals surface area contributed by atoms with Crippen molar-refractivity contribution in [2.75, 3.05) is 4.90 Å². The van der Waals surface area contributed by atoms with Gasteiger partial charge in [0.15, 0.2) is 5.60 Å². The Labute approximate surface area is 760 Å². The van der Waals surface area contributed by atoms with Crippen LogP contribution in [0.15, 0.2) is 370 Å². The van der Waals surface area contributed by atoms with Gasteiger partial charge in [0.1, 0.15) is 63.0 Å². The Kier molecular flexibility index (Phi) is 25.9. The highest BCUT2D eigenvalue weighted by Crippen LogP contribution is 2.59. The summed E-state index contributed by atoms with van der Waals surface area (Å²) < 4.78 is 5.87.